The van der Waals surface area contributed by atoms with Gasteiger partial charge in [-0.25, -0.2) is 0 Å². The highest BCUT2D eigenvalue weighted by Gasteiger charge is 1.85. The summed E-state index contributed by atoms with van der Waals surface area (Å²) in [5.74, 6) is 1.03. The molecule has 0 aliphatic heterocycles. The molecule has 0 bridgehead atoms. The lowest BCUT2D eigenvalue weighted by atomic mass is 10.4. The highest BCUT2D eigenvalue weighted by molar-refractivity contribution is 4.83. The predicted octanol–water partition coefficient (Wildman–Crippen LogP) is 2.73. The molecule has 0 atom stereocenters. The third-order valence-corrected chi connectivity index (χ3v) is 1.23. The molecule has 54 valence electrons. The molecule has 0 spiro atoms. The van der Waals surface area contributed by atoms with Gasteiger partial charge in [-0.15, -0.1) is 0 Å². The zero-order chi connectivity index (χ0) is 7.11. The minimum atomic E-state index is 0.868. The van der Waals surface area contributed by atoms with E-state index in [0.29, 0.717) is 0 Å². The molecule has 0 aliphatic carbocycles. The van der Waals surface area contributed by atoms with Crippen molar-refractivity contribution in [1.82, 2.24) is 0 Å². The number of allylic oxidation sites excluding steroid dienone is 2. The van der Waals surface area contributed by atoms with E-state index in [1.807, 2.05) is 19.9 Å². The quantitative estimate of drug-likeness (QED) is 0.418. The second kappa shape index (κ2) is 5.67. The van der Waals surface area contributed by atoms with E-state index in [0.717, 1.165) is 18.8 Å². The summed E-state index contributed by atoms with van der Waals surface area (Å²) in [5.41, 5.74) is 0. The Balaban J connectivity index is 3.07. The Bertz CT molecular complexity index is 84.6. The Kier molecular flexibility index (Phi) is 5.38. The molecular formula is C8H16O. The van der Waals surface area contributed by atoms with E-state index in [-0.39, 0.29) is 0 Å². The zero-order valence-electron chi connectivity index (χ0n) is 6.61. The van der Waals surface area contributed by atoms with Gasteiger partial charge >= 0.3 is 0 Å². The van der Waals surface area contributed by atoms with Gasteiger partial charge in [-0.2, -0.15) is 0 Å². The highest BCUT2D eigenvalue weighted by atomic mass is 16.5. The van der Waals surface area contributed by atoms with Crippen LogP contribution in [0.1, 0.15) is 33.6 Å². The van der Waals surface area contributed by atoms with Crippen molar-refractivity contribution in [2.45, 2.75) is 33.6 Å². The minimum Gasteiger partial charge on any atom is -0.499 e. The fourth-order valence-corrected chi connectivity index (χ4v) is 0.461. The fraction of sp³-hybridized carbons (Fsp3) is 0.750. The molecule has 0 heterocycles. The van der Waals surface area contributed by atoms with E-state index in [2.05, 4.69) is 6.92 Å². The Morgan fingerprint density at radius 2 is 2.22 bits per heavy atom. The molecule has 0 aromatic carbocycles. The summed E-state index contributed by atoms with van der Waals surface area (Å²) in [6.45, 7) is 7.00. The summed E-state index contributed by atoms with van der Waals surface area (Å²) in [4.78, 5) is 0. The first-order valence-corrected chi connectivity index (χ1v) is 3.57. The SMILES string of the molecule is C/C=C(\C)OCCCC. The van der Waals surface area contributed by atoms with Crippen LogP contribution in [0.25, 0.3) is 0 Å². The van der Waals surface area contributed by atoms with Gasteiger partial charge in [0, 0.05) is 0 Å². The number of unbranched alkanes of at least 4 members (excludes halogenated alkanes) is 1. The minimum absolute atomic E-state index is 0.868. The van der Waals surface area contributed by atoms with Crippen molar-refractivity contribution < 1.29 is 4.74 Å². The molecule has 1 nitrogen and oxygen atoms in total. The lowest BCUT2D eigenvalue weighted by Crippen LogP contribution is -1.90. The van der Waals surface area contributed by atoms with Crippen molar-refractivity contribution in [2.75, 3.05) is 6.61 Å². The van der Waals surface area contributed by atoms with Crippen molar-refractivity contribution in [3.05, 3.63) is 11.8 Å². The third-order valence-electron chi connectivity index (χ3n) is 1.23. The molecule has 0 unspecified atom stereocenters. The van der Waals surface area contributed by atoms with E-state index in [9.17, 15) is 0 Å². The van der Waals surface area contributed by atoms with Gasteiger partial charge in [0.05, 0.1) is 12.4 Å². The van der Waals surface area contributed by atoms with Crippen LogP contribution in [0.15, 0.2) is 11.8 Å². The molecule has 0 rings (SSSR count). The van der Waals surface area contributed by atoms with Gasteiger partial charge < -0.3 is 4.74 Å². The maximum absolute atomic E-state index is 5.29. The van der Waals surface area contributed by atoms with Crippen molar-refractivity contribution in [3.63, 3.8) is 0 Å². The zero-order valence-corrected chi connectivity index (χ0v) is 6.61. The van der Waals surface area contributed by atoms with Crippen LogP contribution < -0.4 is 0 Å². The van der Waals surface area contributed by atoms with E-state index < -0.39 is 0 Å². The molecule has 9 heavy (non-hydrogen) atoms. The monoisotopic (exact) mass is 128 g/mol. The summed E-state index contributed by atoms with van der Waals surface area (Å²) in [6.07, 6.45) is 4.35. The van der Waals surface area contributed by atoms with Gasteiger partial charge in [-0.3, -0.25) is 0 Å². The third kappa shape index (κ3) is 5.41. The van der Waals surface area contributed by atoms with Crippen LogP contribution in [0.2, 0.25) is 0 Å². The first kappa shape index (κ1) is 8.54. The van der Waals surface area contributed by atoms with Crippen molar-refractivity contribution >= 4 is 0 Å². The molecule has 0 amide bonds. The molecule has 1 heteroatoms. The number of hydrogen-bond acceptors (Lipinski definition) is 1. The largest absolute Gasteiger partial charge is 0.499 e. The van der Waals surface area contributed by atoms with Gasteiger partial charge in [0.1, 0.15) is 0 Å². The lowest BCUT2D eigenvalue weighted by Gasteiger charge is -2.02. The van der Waals surface area contributed by atoms with Crippen molar-refractivity contribution in [3.8, 4) is 0 Å². The van der Waals surface area contributed by atoms with Crippen LogP contribution in [0.5, 0.6) is 0 Å². The van der Waals surface area contributed by atoms with Crippen molar-refractivity contribution in [2.24, 2.45) is 0 Å². The fourth-order valence-electron chi connectivity index (χ4n) is 0.461. The maximum Gasteiger partial charge on any atom is 0.0886 e. The van der Waals surface area contributed by atoms with E-state index in [1.165, 1.54) is 6.42 Å². The predicted molar refractivity (Wildman–Crippen MR) is 40.3 cm³/mol. The summed E-state index contributed by atoms with van der Waals surface area (Å²) in [6, 6.07) is 0. The Morgan fingerprint density at radius 3 is 2.67 bits per heavy atom. The average molecular weight is 128 g/mol. The first-order chi connectivity index (χ1) is 4.31. The summed E-state index contributed by atoms with van der Waals surface area (Å²) < 4.78 is 5.29. The second-order valence-corrected chi connectivity index (χ2v) is 2.10. The first-order valence-electron chi connectivity index (χ1n) is 3.57. The molecule has 0 aromatic rings. The number of ether oxygens (including phenoxy) is 1. The Hall–Kier alpha value is -0.460. The van der Waals surface area contributed by atoms with Gasteiger partial charge in [-0.05, 0) is 20.3 Å². The molecule has 0 saturated heterocycles. The van der Waals surface area contributed by atoms with Crippen LogP contribution in [0, 0.1) is 0 Å². The molecule has 0 saturated carbocycles. The van der Waals surface area contributed by atoms with Crippen LogP contribution in [-0.4, -0.2) is 6.61 Å². The Morgan fingerprint density at radius 1 is 1.56 bits per heavy atom. The lowest BCUT2D eigenvalue weighted by molar-refractivity contribution is 0.209. The molecule has 0 fully saturated rings. The van der Waals surface area contributed by atoms with E-state index in [1.54, 1.807) is 0 Å². The summed E-state index contributed by atoms with van der Waals surface area (Å²) in [5, 5.41) is 0. The molecule has 0 aliphatic rings. The van der Waals surface area contributed by atoms with Crippen LogP contribution in [0.3, 0.4) is 0 Å². The van der Waals surface area contributed by atoms with Gasteiger partial charge in [0.25, 0.3) is 0 Å². The average Bonchev–Trinajstić information content (AvgIpc) is 1.89. The van der Waals surface area contributed by atoms with Crippen LogP contribution in [0.4, 0.5) is 0 Å². The topological polar surface area (TPSA) is 9.23 Å². The van der Waals surface area contributed by atoms with E-state index >= 15 is 0 Å². The van der Waals surface area contributed by atoms with Crippen LogP contribution >= 0.6 is 0 Å². The standard InChI is InChI=1S/C8H16O/c1-4-6-7-9-8(3)5-2/h5H,4,6-7H2,1-3H3/b8-5+. The van der Waals surface area contributed by atoms with Gasteiger partial charge in [0.15, 0.2) is 0 Å². The maximum atomic E-state index is 5.29. The molecule has 0 aromatic heterocycles. The molecule has 0 N–H and O–H groups in total. The smallest absolute Gasteiger partial charge is 0.0886 e. The van der Waals surface area contributed by atoms with Crippen molar-refractivity contribution in [1.29, 1.82) is 0 Å². The normalized spacial score (nSPS) is 11.7. The second-order valence-electron chi connectivity index (χ2n) is 2.10. The summed E-state index contributed by atoms with van der Waals surface area (Å²) >= 11 is 0. The number of hydrogen-bond donors (Lipinski definition) is 0. The molecule has 0 radical (unpaired) electrons. The number of rotatable bonds is 4. The van der Waals surface area contributed by atoms with Gasteiger partial charge in [0.2, 0.25) is 0 Å². The van der Waals surface area contributed by atoms with Gasteiger partial charge in [-0.1, -0.05) is 19.4 Å². The summed E-state index contributed by atoms with van der Waals surface area (Å²) in [7, 11) is 0. The van der Waals surface area contributed by atoms with Crippen LogP contribution in [-0.2, 0) is 4.74 Å². The van der Waals surface area contributed by atoms with E-state index in [4.69, 9.17) is 4.74 Å². The molecular weight excluding hydrogens is 112 g/mol. The highest BCUT2D eigenvalue weighted by Crippen LogP contribution is 1.96. The Labute approximate surface area is 57.7 Å².